The first-order valence-corrected chi connectivity index (χ1v) is 16.1. The summed E-state index contributed by atoms with van der Waals surface area (Å²) >= 11 is 7.68. The van der Waals surface area contributed by atoms with Crippen molar-refractivity contribution in [1.82, 2.24) is 10.2 Å². The number of aliphatic hydroxyl groups is 3. The monoisotopic (exact) mass is 642 g/mol. The van der Waals surface area contributed by atoms with Gasteiger partial charge in [-0.3, -0.25) is 9.69 Å². The van der Waals surface area contributed by atoms with Gasteiger partial charge >= 0.3 is 6.09 Å². The highest BCUT2D eigenvalue weighted by Gasteiger charge is 2.53. The number of halogens is 1. The van der Waals surface area contributed by atoms with E-state index in [9.17, 15) is 24.9 Å². The van der Waals surface area contributed by atoms with Crippen LogP contribution in [0.15, 0.2) is 30.3 Å². The van der Waals surface area contributed by atoms with Crippen LogP contribution in [0.4, 0.5) is 4.79 Å². The summed E-state index contributed by atoms with van der Waals surface area (Å²) in [5.41, 5.74) is 0.377. The van der Waals surface area contributed by atoms with Gasteiger partial charge in [0.25, 0.3) is 0 Å². The molecule has 240 valence electrons. The Kier molecular flexibility index (Phi) is 11.0. The van der Waals surface area contributed by atoms with Crippen molar-refractivity contribution >= 4 is 40.9 Å². The molecule has 3 aliphatic rings. The van der Waals surface area contributed by atoms with Gasteiger partial charge in [-0.05, 0) is 63.6 Å². The Morgan fingerprint density at radius 1 is 1.14 bits per heavy atom. The highest BCUT2D eigenvalue weighted by atomic mass is 35.5. The molecule has 4 rings (SSSR count). The minimum Gasteiger partial charge on any atom is -0.497 e. The zero-order valence-corrected chi connectivity index (χ0v) is 26.9. The van der Waals surface area contributed by atoms with E-state index >= 15 is 0 Å². The average Bonchev–Trinajstić information content (AvgIpc) is 3.19. The topological polar surface area (TPSA) is 147 Å². The lowest BCUT2D eigenvalue weighted by molar-refractivity contribution is -0.205. The number of amides is 2. The third kappa shape index (κ3) is 7.61. The number of allylic oxidation sites excluding steroid dienone is 1. The van der Waals surface area contributed by atoms with E-state index in [0.29, 0.717) is 6.42 Å². The molecule has 0 saturated carbocycles. The van der Waals surface area contributed by atoms with Crippen molar-refractivity contribution in [1.29, 1.82) is 0 Å². The van der Waals surface area contributed by atoms with Gasteiger partial charge in [-0.1, -0.05) is 18.2 Å². The van der Waals surface area contributed by atoms with Crippen molar-refractivity contribution in [3.63, 3.8) is 0 Å². The molecular formula is C30H43ClN2O9S. The Hall–Kier alpha value is -2.06. The number of likely N-dealkylation sites (tertiary alicyclic amines) is 1. The Balaban J connectivity index is 1.60. The van der Waals surface area contributed by atoms with Crippen LogP contribution in [0.3, 0.4) is 0 Å². The Labute approximate surface area is 261 Å². The van der Waals surface area contributed by atoms with Gasteiger partial charge in [0, 0.05) is 12.5 Å². The molecule has 0 spiro atoms. The molecule has 10 atom stereocenters. The summed E-state index contributed by atoms with van der Waals surface area (Å²) in [6, 6.07) is 5.65. The van der Waals surface area contributed by atoms with E-state index in [1.807, 2.05) is 30.3 Å². The van der Waals surface area contributed by atoms with E-state index in [-0.39, 0.29) is 19.1 Å². The lowest BCUT2D eigenvalue weighted by Crippen LogP contribution is -2.65. The fourth-order valence-electron chi connectivity index (χ4n) is 5.85. The van der Waals surface area contributed by atoms with Gasteiger partial charge in [-0.25, -0.2) is 4.79 Å². The zero-order chi connectivity index (χ0) is 31.6. The fraction of sp³-hybridized carbons (Fsp3) is 0.667. The summed E-state index contributed by atoms with van der Waals surface area (Å²) in [5.74, 6) is -0.0388. The van der Waals surface area contributed by atoms with Crippen LogP contribution in [-0.4, -0.2) is 118 Å². The Morgan fingerprint density at radius 3 is 2.40 bits per heavy atom. The second kappa shape index (κ2) is 13.9. The van der Waals surface area contributed by atoms with Crippen LogP contribution < -0.4 is 10.1 Å². The van der Waals surface area contributed by atoms with Crippen molar-refractivity contribution in [2.75, 3.05) is 26.5 Å². The standard InChI is InChI=1S/C30H43ClN2O9S/c1-15(31)20(26-23(35)22(34)24(36)28(41-26)43-6)32-27(37)21-25-18(14-33(21)29(38)42-30(2,3)4)13-17(11-12-40-25)16-7-9-19(39-5)10-8-16/h7-11,15,18,20-26,28,34-36H,12-14H2,1-6H3,(H,32,37)/t15-,18-,20+,21-,22?,23?,24+,25+,26+,28?/m0/s1. The molecule has 2 amide bonds. The number of aliphatic hydroxyl groups excluding tert-OH is 3. The number of carbonyl (C=O) groups excluding carboxylic acids is 2. The SMILES string of the molecule is COc1ccc(C2=CCO[C@@H]3[C@@H](C2)CN(C(=O)OC(C)(C)C)[C@@H]3C(=O)N[C@H]([C@H](C)Cl)[C@H]2OC(SC)[C@H](O)C(O)C2O)cc1. The maximum Gasteiger partial charge on any atom is 0.411 e. The Morgan fingerprint density at radius 2 is 1.81 bits per heavy atom. The summed E-state index contributed by atoms with van der Waals surface area (Å²) in [7, 11) is 1.61. The van der Waals surface area contributed by atoms with Crippen molar-refractivity contribution in [3.8, 4) is 5.75 Å². The largest absolute Gasteiger partial charge is 0.497 e. The van der Waals surface area contributed by atoms with Crippen LogP contribution >= 0.6 is 23.4 Å². The predicted molar refractivity (Wildman–Crippen MR) is 163 cm³/mol. The third-order valence-corrected chi connectivity index (χ3v) is 9.12. The number of methoxy groups -OCH3 is 1. The molecule has 0 aromatic heterocycles. The number of fused-ring (bicyclic) bond motifs is 1. The van der Waals surface area contributed by atoms with Crippen LogP contribution in [0.25, 0.3) is 5.57 Å². The van der Waals surface area contributed by atoms with Crippen LogP contribution in [-0.2, 0) is 19.0 Å². The first-order chi connectivity index (χ1) is 20.2. The van der Waals surface area contributed by atoms with Gasteiger partial charge in [0.1, 0.15) is 47.2 Å². The van der Waals surface area contributed by atoms with Crippen LogP contribution in [0.5, 0.6) is 5.75 Å². The Bertz CT molecular complexity index is 1160. The third-order valence-electron chi connectivity index (χ3n) is 8.00. The number of nitrogens with zero attached hydrogens (tertiary/aromatic N) is 1. The van der Waals surface area contributed by atoms with E-state index < -0.39 is 71.0 Å². The molecule has 2 saturated heterocycles. The molecule has 11 nitrogen and oxygen atoms in total. The van der Waals surface area contributed by atoms with Gasteiger partial charge in [-0.2, -0.15) is 0 Å². The molecule has 3 unspecified atom stereocenters. The number of hydrogen-bond acceptors (Lipinski definition) is 10. The molecule has 4 N–H and O–H groups in total. The molecule has 2 fully saturated rings. The molecule has 3 heterocycles. The molecule has 0 radical (unpaired) electrons. The maximum absolute atomic E-state index is 14.1. The number of benzene rings is 1. The first-order valence-electron chi connectivity index (χ1n) is 14.4. The first kappa shape index (κ1) is 33.8. The van der Waals surface area contributed by atoms with E-state index in [1.54, 1.807) is 41.1 Å². The summed E-state index contributed by atoms with van der Waals surface area (Å²) in [5, 5.41) is 33.7. The van der Waals surface area contributed by atoms with E-state index in [0.717, 1.165) is 28.6 Å². The summed E-state index contributed by atoms with van der Waals surface area (Å²) < 4.78 is 23.1. The number of thioether (sulfide) groups is 1. The van der Waals surface area contributed by atoms with Crippen molar-refractivity contribution in [3.05, 3.63) is 35.9 Å². The molecule has 0 aliphatic carbocycles. The molecular weight excluding hydrogens is 600 g/mol. The number of rotatable bonds is 7. The molecule has 43 heavy (non-hydrogen) atoms. The smallest absolute Gasteiger partial charge is 0.411 e. The van der Waals surface area contributed by atoms with Crippen molar-refractivity contribution < 1.29 is 43.9 Å². The van der Waals surface area contributed by atoms with Crippen LogP contribution in [0.2, 0.25) is 0 Å². The summed E-state index contributed by atoms with van der Waals surface area (Å²) in [4.78, 5) is 28.9. The highest BCUT2D eigenvalue weighted by Crippen LogP contribution is 2.38. The predicted octanol–water partition coefficient (Wildman–Crippen LogP) is 2.39. The van der Waals surface area contributed by atoms with Gasteiger partial charge < -0.3 is 39.6 Å². The molecule has 3 aliphatic heterocycles. The zero-order valence-electron chi connectivity index (χ0n) is 25.3. The summed E-state index contributed by atoms with van der Waals surface area (Å²) in [6.45, 7) is 7.34. The quantitative estimate of drug-likeness (QED) is 0.327. The van der Waals surface area contributed by atoms with Gasteiger partial charge in [-0.15, -0.1) is 23.4 Å². The number of alkyl halides is 1. The van der Waals surface area contributed by atoms with Gasteiger partial charge in [0.2, 0.25) is 5.91 Å². The second-order valence-electron chi connectivity index (χ2n) is 12.2. The average molecular weight is 643 g/mol. The number of ether oxygens (including phenoxy) is 4. The molecule has 1 aromatic rings. The molecule has 0 bridgehead atoms. The molecule has 13 heteroatoms. The summed E-state index contributed by atoms with van der Waals surface area (Å²) in [6.07, 6.45) is -2.55. The van der Waals surface area contributed by atoms with Gasteiger partial charge in [0.15, 0.2) is 0 Å². The number of hydrogen-bond donors (Lipinski definition) is 4. The van der Waals surface area contributed by atoms with E-state index in [4.69, 9.17) is 30.5 Å². The van der Waals surface area contributed by atoms with Crippen LogP contribution in [0, 0.1) is 5.92 Å². The second-order valence-corrected chi connectivity index (χ2v) is 13.8. The number of nitrogens with one attached hydrogen (secondary N) is 1. The van der Waals surface area contributed by atoms with Crippen molar-refractivity contribution in [2.45, 2.75) is 93.1 Å². The lowest BCUT2D eigenvalue weighted by atomic mass is 9.90. The van der Waals surface area contributed by atoms with E-state index in [1.165, 1.54) is 4.90 Å². The highest BCUT2D eigenvalue weighted by molar-refractivity contribution is 7.99. The number of carbonyl (C=O) groups is 2. The normalized spacial score (nSPS) is 32.6. The van der Waals surface area contributed by atoms with Crippen molar-refractivity contribution in [2.24, 2.45) is 5.92 Å². The molecule has 1 aromatic carbocycles. The van der Waals surface area contributed by atoms with Crippen LogP contribution in [0.1, 0.15) is 39.7 Å². The fourth-order valence-corrected chi connectivity index (χ4v) is 6.74. The minimum absolute atomic E-state index is 0.217. The maximum atomic E-state index is 14.1. The minimum atomic E-state index is -1.52. The lowest BCUT2D eigenvalue weighted by Gasteiger charge is -2.44. The van der Waals surface area contributed by atoms with E-state index in [2.05, 4.69) is 5.32 Å². The van der Waals surface area contributed by atoms with Gasteiger partial charge in [0.05, 0.1) is 31.2 Å².